The number of amides is 1. The molecule has 1 atom stereocenters. The van der Waals surface area contributed by atoms with E-state index in [1.54, 1.807) is 0 Å². The topological polar surface area (TPSA) is 50.4 Å². The van der Waals surface area contributed by atoms with E-state index in [9.17, 15) is 18.0 Å². The number of morpholine rings is 1. The normalized spacial score (nSPS) is 19.6. The Hall–Kier alpha value is -1.60. The van der Waals surface area contributed by atoms with Gasteiger partial charge in [0.2, 0.25) is 5.91 Å². The maximum atomic E-state index is 12.4. The van der Waals surface area contributed by atoms with Gasteiger partial charge in [-0.1, -0.05) is 12.1 Å². The Morgan fingerprint density at radius 1 is 1.35 bits per heavy atom. The Bertz CT molecular complexity index is 454. The Labute approximate surface area is 114 Å². The fourth-order valence-electron chi connectivity index (χ4n) is 1.86. The van der Waals surface area contributed by atoms with Crippen LogP contribution in [0.5, 0.6) is 0 Å². The van der Waals surface area contributed by atoms with E-state index in [-0.39, 0.29) is 12.5 Å². The zero-order valence-corrected chi connectivity index (χ0v) is 10.7. The van der Waals surface area contributed by atoms with Crippen LogP contribution in [0, 0.1) is 0 Å². The third kappa shape index (κ3) is 3.94. The first-order chi connectivity index (χ1) is 9.47. The van der Waals surface area contributed by atoms with Gasteiger partial charge in [0.25, 0.3) is 0 Å². The fraction of sp³-hybridized carbons (Fsp3) is 0.462. The minimum absolute atomic E-state index is 0.190. The fourth-order valence-corrected chi connectivity index (χ4v) is 1.86. The summed E-state index contributed by atoms with van der Waals surface area (Å²) in [5.74, 6) is -0.218. The van der Waals surface area contributed by atoms with E-state index in [2.05, 4.69) is 10.6 Å². The number of hydrogen-bond acceptors (Lipinski definition) is 3. The summed E-state index contributed by atoms with van der Waals surface area (Å²) in [4.78, 5) is 11.8. The molecule has 0 radical (unpaired) electrons. The summed E-state index contributed by atoms with van der Waals surface area (Å²) in [6.45, 7) is 1.68. The van der Waals surface area contributed by atoms with Gasteiger partial charge >= 0.3 is 6.18 Å². The molecule has 2 N–H and O–H groups in total. The molecule has 1 saturated heterocycles. The van der Waals surface area contributed by atoms with Gasteiger partial charge in [-0.3, -0.25) is 4.79 Å². The van der Waals surface area contributed by atoms with Crippen LogP contribution in [0.15, 0.2) is 24.3 Å². The Balaban J connectivity index is 1.86. The molecule has 1 aliphatic heterocycles. The highest BCUT2D eigenvalue weighted by molar-refractivity contribution is 5.81. The molecular weight excluding hydrogens is 273 g/mol. The Morgan fingerprint density at radius 3 is 2.60 bits per heavy atom. The summed E-state index contributed by atoms with van der Waals surface area (Å²) in [5.41, 5.74) is -0.0852. The number of halogens is 3. The molecule has 0 aliphatic carbocycles. The molecule has 0 saturated carbocycles. The molecule has 0 spiro atoms. The largest absolute Gasteiger partial charge is 0.416 e. The molecule has 1 amide bonds. The standard InChI is InChI=1S/C13H15F3N2O2/c14-13(15,16)10-3-1-9(2-4-10)7-18-12(19)11-8-20-6-5-17-11/h1-4,11,17H,5-8H2,(H,18,19). The number of hydrogen-bond donors (Lipinski definition) is 2. The van der Waals surface area contributed by atoms with E-state index in [0.717, 1.165) is 12.1 Å². The average Bonchev–Trinajstić information content (AvgIpc) is 2.45. The van der Waals surface area contributed by atoms with Gasteiger partial charge < -0.3 is 15.4 Å². The Kier molecular flexibility index (Phi) is 4.61. The molecule has 4 nitrogen and oxygen atoms in total. The van der Waals surface area contributed by atoms with Gasteiger partial charge in [0.1, 0.15) is 6.04 Å². The number of benzene rings is 1. The predicted octanol–water partition coefficient (Wildman–Crippen LogP) is 1.31. The Morgan fingerprint density at radius 2 is 2.05 bits per heavy atom. The van der Waals surface area contributed by atoms with Gasteiger partial charge in [-0.15, -0.1) is 0 Å². The monoisotopic (exact) mass is 288 g/mol. The van der Waals surface area contributed by atoms with Gasteiger partial charge in [-0.2, -0.15) is 13.2 Å². The van der Waals surface area contributed by atoms with Crippen molar-refractivity contribution in [3.63, 3.8) is 0 Å². The van der Waals surface area contributed by atoms with Crippen molar-refractivity contribution >= 4 is 5.91 Å². The van der Waals surface area contributed by atoms with Crippen molar-refractivity contribution in [3.8, 4) is 0 Å². The number of alkyl halides is 3. The molecule has 1 aromatic carbocycles. The third-order valence-electron chi connectivity index (χ3n) is 2.99. The summed E-state index contributed by atoms with van der Waals surface area (Å²) in [7, 11) is 0. The molecule has 20 heavy (non-hydrogen) atoms. The first-order valence-corrected chi connectivity index (χ1v) is 6.22. The summed E-state index contributed by atoms with van der Waals surface area (Å²) in [6, 6.07) is 4.31. The van der Waals surface area contributed by atoms with Crippen LogP contribution in [0.1, 0.15) is 11.1 Å². The van der Waals surface area contributed by atoms with Gasteiger partial charge in [0.15, 0.2) is 0 Å². The SMILES string of the molecule is O=C(NCc1ccc(C(F)(F)F)cc1)C1COCCN1. The molecular formula is C13H15F3N2O2. The number of nitrogens with one attached hydrogen (secondary N) is 2. The highest BCUT2D eigenvalue weighted by Gasteiger charge is 2.30. The highest BCUT2D eigenvalue weighted by atomic mass is 19.4. The van der Waals surface area contributed by atoms with Crippen LogP contribution in [-0.4, -0.2) is 31.7 Å². The van der Waals surface area contributed by atoms with Crippen LogP contribution in [0.3, 0.4) is 0 Å². The summed E-state index contributed by atoms with van der Waals surface area (Å²) < 4.78 is 42.3. The molecule has 1 aromatic rings. The zero-order chi connectivity index (χ0) is 14.6. The lowest BCUT2D eigenvalue weighted by Crippen LogP contribution is -2.51. The second-order valence-electron chi connectivity index (χ2n) is 4.49. The van der Waals surface area contributed by atoms with Gasteiger partial charge in [0.05, 0.1) is 18.8 Å². The van der Waals surface area contributed by atoms with Crippen molar-refractivity contribution in [3.05, 3.63) is 35.4 Å². The van der Waals surface area contributed by atoms with E-state index >= 15 is 0 Å². The second-order valence-corrected chi connectivity index (χ2v) is 4.49. The first kappa shape index (κ1) is 14.8. The van der Waals surface area contributed by atoms with Crippen molar-refractivity contribution in [2.45, 2.75) is 18.8 Å². The van der Waals surface area contributed by atoms with Crippen LogP contribution < -0.4 is 10.6 Å². The molecule has 1 fully saturated rings. The highest BCUT2D eigenvalue weighted by Crippen LogP contribution is 2.28. The van der Waals surface area contributed by atoms with Crippen LogP contribution in [0.4, 0.5) is 13.2 Å². The minimum Gasteiger partial charge on any atom is -0.378 e. The summed E-state index contributed by atoms with van der Waals surface area (Å²) in [5, 5.41) is 5.66. The quantitative estimate of drug-likeness (QED) is 0.881. The first-order valence-electron chi connectivity index (χ1n) is 6.22. The molecule has 1 aliphatic rings. The van der Waals surface area contributed by atoms with Crippen molar-refractivity contribution in [2.75, 3.05) is 19.8 Å². The van der Waals surface area contributed by atoms with Gasteiger partial charge in [0, 0.05) is 13.1 Å². The summed E-state index contributed by atoms with van der Waals surface area (Å²) in [6.07, 6.45) is -4.34. The van der Waals surface area contributed by atoms with Crippen LogP contribution in [0.2, 0.25) is 0 Å². The molecule has 110 valence electrons. The number of ether oxygens (including phenoxy) is 1. The number of carbonyl (C=O) groups excluding carboxylic acids is 1. The average molecular weight is 288 g/mol. The minimum atomic E-state index is -4.34. The molecule has 0 aromatic heterocycles. The lowest BCUT2D eigenvalue weighted by Gasteiger charge is -2.22. The van der Waals surface area contributed by atoms with E-state index in [4.69, 9.17) is 4.74 Å². The van der Waals surface area contributed by atoms with Gasteiger partial charge in [-0.05, 0) is 17.7 Å². The van der Waals surface area contributed by atoms with E-state index in [1.165, 1.54) is 12.1 Å². The maximum Gasteiger partial charge on any atom is 0.416 e. The molecule has 7 heteroatoms. The summed E-state index contributed by atoms with van der Waals surface area (Å²) >= 11 is 0. The number of rotatable bonds is 3. The van der Waals surface area contributed by atoms with Crippen molar-refractivity contribution in [1.29, 1.82) is 0 Å². The van der Waals surface area contributed by atoms with E-state index in [0.29, 0.717) is 25.3 Å². The predicted molar refractivity (Wildman–Crippen MR) is 65.9 cm³/mol. The van der Waals surface area contributed by atoms with E-state index in [1.807, 2.05) is 0 Å². The number of carbonyl (C=O) groups is 1. The lowest BCUT2D eigenvalue weighted by atomic mass is 10.1. The van der Waals surface area contributed by atoms with Crippen LogP contribution >= 0.6 is 0 Å². The molecule has 1 heterocycles. The molecule has 2 rings (SSSR count). The third-order valence-corrected chi connectivity index (χ3v) is 2.99. The van der Waals surface area contributed by atoms with Crippen LogP contribution in [-0.2, 0) is 22.3 Å². The second kappa shape index (κ2) is 6.23. The van der Waals surface area contributed by atoms with E-state index < -0.39 is 17.8 Å². The van der Waals surface area contributed by atoms with Crippen molar-refractivity contribution in [2.24, 2.45) is 0 Å². The maximum absolute atomic E-state index is 12.4. The van der Waals surface area contributed by atoms with Crippen molar-refractivity contribution < 1.29 is 22.7 Å². The lowest BCUT2D eigenvalue weighted by molar-refractivity contribution is -0.137. The smallest absolute Gasteiger partial charge is 0.378 e. The molecule has 1 unspecified atom stereocenters. The van der Waals surface area contributed by atoms with Gasteiger partial charge in [-0.25, -0.2) is 0 Å². The zero-order valence-electron chi connectivity index (χ0n) is 10.7. The van der Waals surface area contributed by atoms with Crippen molar-refractivity contribution in [1.82, 2.24) is 10.6 Å². The van der Waals surface area contributed by atoms with Crippen LogP contribution in [0.25, 0.3) is 0 Å². The molecule has 0 bridgehead atoms.